The van der Waals surface area contributed by atoms with E-state index >= 15 is 0 Å². The summed E-state index contributed by atoms with van der Waals surface area (Å²) < 4.78 is 0. The molecule has 0 saturated heterocycles. The number of hydrogen-bond acceptors (Lipinski definition) is 0. The summed E-state index contributed by atoms with van der Waals surface area (Å²) in [5.74, 6) is 0. The van der Waals surface area contributed by atoms with E-state index in [0.717, 1.165) is 25.7 Å². The maximum atomic E-state index is 4.01. The van der Waals surface area contributed by atoms with Crippen molar-refractivity contribution >= 4 is 0 Å². The highest BCUT2D eigenvalue weighted by molar-refractivity contribution is 5.27. The standard InChI is InChI=1S/C22H36/c1-15(2)11-17(5)19(7)13-21(9)22(10)14-20(8)18(6)12-16(3)4/h1,3,11-14H2,2,4-10H3/b19-17+,20-18+,22-21+. The van der Waals surface area contributed by atoms with Crippen molar-refractivity contribution < 1.29 is 0 Å². The van der Waals surface area contributed by atoms with Crippen LogP contribution in [0.4, 0.5) is 0 Å². The molecule has 0 aromatic carbocycles. The van der Waals surface area contributed by atoms with Gasteiger partial charge in [-0.1, -0.05) is 57.7 Å². The fourth-order valence-corrected chi connectivity index (χ4v) is 2.61. The van der Waals surface area contributed by atoms with Crippen LogP contribution in [0, 0.1) is 0 Å². The highest BCUT2D eigenvalue weighted by Crippen LogP contribution is 2.25. The van der Waals surface area contributed by atoms with E-state index < -0.39 is 0 Å². The lowest BCUT2D eigenvalue weighted by Crippen LogP contribution is -1.93. The zero-order valence-electron chi connectivity index (χ0n) is 16.2. The molecule has 0 heteroatoms. The van der Waals surface area contributed by atoms with Gasteiger partial charge in [0.05, 0.1) is 0 Å². The van der Waals surface area contributed by atoms with E-state index in [0.29, 0.717) is 0 Å². The predicted molar refractivity (Wildman–Crippen MR) is 103 cm³/mol. The van der Waals surface area contributed by atoms with Crippen LogP contribution in [0.3, 0.4) is 0 Å². The summed E-state index contributed by atoms with van der Waals surface area (Å²) in [6.45, 7) is 25.7. The molecule has 0 fully saturated rings. The van der Waals surface area contributed by atoms with Gasteiger partial charge in [0.1, 0.15) is 0 Å². The Morgan fingerprint density at radius 1 is 0.409 bits per heavy atom. The molecule has 0 nitrogen and oxygen atoms in total. The van der Waals surface area contributed by atoms with Gasteiger partial charge in [-0.2, -0.15) is 0 Å². The Hall–Kier alpha value is -1.30. The SMILES string of the molecule is C=C(C)C/C(C)=C(\C)C/C(C)=C(\C)C/C(C)=C(\C)CC(=C)C. The number of allylic oxidation sites excluding steroid dienone is 8. The van der Waals surface area contributed by atoms with Gasteiger partial charge in [0.15, 0.2) is 0 Å². The highest BCUT2D eigenvalue weighted by Gasteiger charge is 2.05. The van der Waals surface area contributed by atoms with Gasteiger partial charge < -0.3 is 0 Å². The number of hydrogen-bond donors (Lipinski definition) is 0. The average molecular weight is 301 g/mol. The predicted octanol–water partition coefficient (Wildman–Crippen LogP) is 7.71. The zero-order chi connectivity index (χ0) is 17.4. The molecule has 124 valence electrons. The van der Waals surface area contributed by atoms with Gasteiger partial charge in [0, 0.05) is 0 Å². The van der Waals surface area contributed by atoms with E-state index in [1.807, 2.05) is 0 Å². The van der Waals surface area contributed by atoms with E-state index in [4.69, 9.17) is 0 Å². The molecule has 0 amide bonds. The molecule has 0 aliphatic heterocycles. The van der Waals surface area contributed by atoms with Gasteiger partial charge in [-0.15, -0.1) is 0 Å². The molecular formula is C22H36. The Labute approximate surface area is 139 Å². The van der Waals surface area contributed by atoms with Crippen LogP contribution in [0.2, 0.25) is 0 Å². The minimum absolute atomic E-state index is 1.02. The lowest BCUT2D eigenvalue weighted by molar-refractivity contribution is 0.949. The first kappa shape index (κ1) is 20.7. The van der Waals surface area contributed by atoms with Crippen LogP contribution < -0.4 is 0 Å². The fraction of sp³-hybridized carbons (Fsp3) is 0.545. The van der Waals surface area contributed by atoms with Crippen LogP contribution in [0.25, 0.3) is 0 Å². The van der Waals surface area contributed by atoms with Crippen molar-refractivity contribution in [1.82, 2.24) is 0 Å². The van der Waals surface area contributed by atoms with Crippen LogP contribution >= 0.6 is 0 Å². The van der Waals surface area contributed by atoms with E-state index in [1.165, 1.54) is 44.6 Å². The Bertz CT molecular complexity index is 470. The van der Waals surface area contributed by atoms with Gasteiger partial charge in [0.2, 0.25) is 0 Å². The normalized spacial score (nSPS) is 14.9. The van der Waals surface area contributed by atoms with Crippen molar-refractivity contribution in [3.63, 3.8) is 0 Å². The minimum Gasteiger partial charge on any atom is -0.0998 e. The highest BCUT2D eigenvalue weighted by atomic mass is 14.1. The van der Waals surface area contributed by atoms with Crippen LogP contribution in [0.15, 0.2) is 57.7 Å². The van der Waals surface area contributed by atoms with Gasteiger partial charge >= 0.3 is 0 Å². The molecule has 0 unspecified atom stereocenters. The van der Waals surface area contributed by atoms with E-state index in [2.05, 4.69) is 68.5 Å². The Kier molecular flexibility index (Phi) is 9.09. The third-order valence-corrected chi connectivity index (χ3v) is 4.38. The van der Waals surface area contributed by atoms with Gasteiger partial charge in [0.25, 0.3) is 0 Å². The molecule has 0 aliphatic rings. The van der Waals surface area contributed by atoms with Gasteiger partial charge in [-0.3, -0.25) is 0 Å². The maximum absolute atomic E-state index is 4.01. The summed E-state index contributed by atoms with van der Waals surface area (Å²) in [7, 11) is 0. The first-order chi connectivity index (χ1) is 10.0. The second-order valence-electron chi connectivity index (χ2n) is 7.30. The van der Waals surface area contributed by atoms with Crippen molar-refractivity contribution in [3.8, 4) is 0 Å². The van der Waals surface area contributed by atoms with E-state index in [-0.39, 0.29) is 0 Å². The van der Waals surface area contributed by atoms with E-state index in [1.54, 1.807) is 0 Å². The fourth-order valence-electron chi connectivity index (χ4n) is 2.61. The molecule has 0 rings (SSSR count). The lowest BCUT2D eigenvalue weighted by Gasteiger charge is -2.14. The molecule has 0 bridgehead atoms. The second-order valence-corrected chi connectivity index (χ2v) is 7.30. The number of rotatable bonds is 8. The Balaban J connectivity index is 5.01. The Morgan fingerprint density at radius 2 is 0.591 bits per heavy atom. The summed E-state index contributed by atoms with van der Waals surface area (Å²) in [6.07, 6.45) is 4.21. The summed E-state index contributed by atoms with van der Waals surface area (Å²) >= 11 is 0. The van der Waals surface area contributed by atoms with Gasteiger partial charge in [-0.25, -0.2) is 0 Å². The molecule has 0 heterocycles. The molecule has 0 spiro atoms. The summed E-state index contributed by atoms with van der Waals surface area (Å²) in [6, 6.07) is 0. The molecule has 0 atom stereocenters. The second kappa shape index (κ2) is 9.66. The first-order valence-electron chi connectivity index (χ1n) is 8.29. The van der Waals surface area contributed by atoms with Crippen molar-refractivity contribution in [1.29, 1.82) is 0 Å². The summed E-state index contributed by atoms with van der Waals surface area (Å²) in [5.41, 5.74) is 11.4. The zero-order valence-corrected chi connectivity index (χ0v) is 16.2. The van der Waals surface area contributed by atoms with Crippen molar-refractivity contribution in [3.05, 3.63) is 57.7 Å². The van der Waals surface area contributed by atoms with Crippen LogP contribution in [0.1, 0.15) is 81.1 Å². The molecule has 0 radical (unpaired) electrons. The summed E-state index contributed by atoms with van der Waals surface area (Å²) in [4.78, 5) is 0. The monoisotopic (exact) mass is 300 g/mol. The largest absolute Gasteiger partial charge is 0.0998 e. The van der Waals surface area contributed by atoms with E-state index in [9.17, 15) is 0 Å². The molecule has 0 saturated carbocycles. The van der Waals surface area contributed by atoms with Crippen molar-refractivity contribution in [2.45, 2.75) is 81.1 Å². The van der Waals surface area contributed by atoms with Crippen LogP contribution in [-0.4, -0.2) is 0 Å². The van der Waals surface area contributed by atoms with Crippen LogP contribution in [-0.2, 0) is 0 Å². The third kappa shape index (κ3) is 8.22. The first-order valence-corrected chi connectivity index (χ1v) is 8.29. The molecule has 0 aromatic heterocycles. The third-order valence-electron chi connectivity index (χ3n) is 4.38. The smallest absolute Gasteiger partial charge is 0.0109 e. The lowest BCUT2D eigenvalue weighted by atomic mass is 9.93. The summed E-state index contributed by atoms with van der Waals surface area (Å²) in [5, 5.41) is 0. The molecule has 22 heavy (non-hydrogen) atoms. The van der Waals surface area contributed by atoms with Crippen molar-refractivity contribution in [2.24, 2.45) is 0 Å². The minimum atomic E-state index is 1.02. The maximum Gasteiger partial charge on any atom is -0.0109 e. The molecule has 0 aromatic rings. The average Bonchev–Trinajstić information content (AvgIpc) is 2.36. The molecule has 0 aliphatic carbocycles. The molecular weight excluding hydrogens is 264 g/mol. The molecule has 0 N–H and O–H groups in total. The van der Waals surface area contributed by atoms with Crippen LogP contribution in [0.5, 0.6) is 0 Å². The quantitative estimate of drug-likeness (QED) is 0.403. The van der Waals surface area contributed by atoms with Crippen molar-refractivity contribution in [2.75, 3.05) is 0 Å². The van der Waals surface area contributed by atoms with Gasteiger partial charge in [-0.05, 0) is 81.1 Å². The Morgan fingerprint density at radius 3 is 0.773 bits per heavy atom. The topological polar surface area (TPSA) is 0 Å².